The highest BCUT2D eigenvalue weighted by molar-refractivity contribution is 5.70. The van der Waals surface area contributed by atoms with Gasteiger partial charge in [0, 0.05) is 12.8 Å². The summed E-state index contributed by atoms with van der Waals surface area (Å²) in [6.45, 7) is 4.04. The van der Waals surface area contributed by atoms with Crippen LogP contribution >= 0.6 is 0 Å². The van der Waals surface area contributed by atoms with Gasteiger partial charge in [0.2, 0.25) is 0 Å². The summed E-state index contributed by atoms with van der Waals surface area (Å²) >= 11 is 0. The number of carbonyl (C=O) groups is 2. The summed E-state index contributed by atoms with van der Waals surface area (Å²) in [4.78, 5) is 24.5. The maximum absolute atomic E-state index is 12.3. The zero-order valence-corrected chi connectivity index (χ0v) is 46.7. The zero-order valence-electron chi connectivity index (χ0n) is 46.7. The van der Waals surface area contributed by atoms with Crippen molar-refractivity contribution in [2.45, 2.75) is 296 Å². The van der Waals surface area contributed by atoms with Gasteiger partial charge in [-0.1, -0.05) is 278 Å². The summed E-state index contributed by atoms with van der Waals surface area (Å²) in [5.41, 5.74) is 0. The summed E-state index contributed by atoms with van der Waals surface area (Å²) in [7, 11) is 0. The van der Waals surface area contributed by atoms with E-state index in [1.165, 1.54) is 180 Å². The van der Waals surface area contributed by atoms with E-state index in [-0.39, 0.29) is 25.2 Å². The number of aliphatic hydroxyl groups is 1. The molecule has 0 aliphatic heterocycles. The fourth-order valence-corrected chi connectivity index (χ4v) is 8.59. The molecule has 0 aliphatic rings. The average molecular weight is 988 g/mol. The lowest BCUT2D eigenvalue weighted by Crippen LogP contribution is -2.28. The van der Waals surface area contributed by atoms with E-state index in [1.54, 1.807) is 0 Å². The Balaban J connectivity index is 3.48. The highest BCUT2D eigenvalue weighted by Gasteiger charge is 2.16. The van der Waals surface area contributed by atoms with Crippen LogP contribution in [0, 0.1) is 0 Å². The smallest absolute Gasteiger partial charge is 0.306 e. The number of esters is 2. The van der Waals surface area contributed by atoms with Crippen molar-refractivity contribution in [3.05, 3.63) is 97.2 Å². The standard InChI is InChI=1S/C66H114O5/c1-3-5-7-9-11-13-15-17-19-21-23-24-25-26-27-28-29-30-31-32-33-34-35-36-37-38-39-40-41-42-43-45-47-49-51-53-55-57-59-61-66(69)71-64(62-67)63-70-65(68)60-58-56-54-52-50-48-46-44-22-20-18-16-14-12-10-8-6-4-2/h5,7,11,13,17,19-20,22-24,26-27,29-30,32-33,64,67H,3-4,6,8-10,12,14-16,18,21,25,28,31,34-63H2,1-2H3/b7-5-,13-11-,19-17-,22-20-,24-23-,27-26-,30-29-,33-32-. The second kappa shape index (κ2) is 61.1. The normalized spacial score (nSPS) is 12.9. The van der Waals surface area contributed by atoms with Gasteiger partial charge in [-0.05, 0) is 96.3 Å². The van der Waals surface area contributed by atoms with E-state index >= 15 is 0 Å². The minimum absolute atomic E-state index is 0.0681. The number of aliphatic hydroxyl groups excluding tert-OH is 1. The zero-order chi connectivity index (χ0) is 51.3. The monoisotopic (exact) mass is 987 g/mol. The van der Waals surface area contributed by atoms with Crippen molar-refractivity contribution in [1.82, 2.24) is 0 Å². The summed E-state index contributed by atoms with van der Waals surface area (Å²) < 4.78 is 10.7. The van der Waals surface area contributed by atoms with Crippen LogP contribution in [-0.2, 0) is 19.1 Å². The molecule has 0 fully saturated rings. The summed E-state index contributed by atoms with van der Waals surface area (Å²) in [5.74, 6) is -0.588. The van der Waals surface area contributed by atoms with Crippen LogP contribution in [0.15, 0.2) is 97.2 Å². The van der Waals surface area contributed by atoms with Gasteiger partial charge in [0.05, 0.1) is 6.61 Å². The first-order valence-electron chi connectivity index (χ1n) is 30.3. The van der Waals surface area contributed by atoms with Crippen molar-refractivity contribution in [3.63, 3.8) is 0 Å². The lowest BCUT2D eigenvalue weighted by molar-refractivity contribution is -0.161. The molecule has 0 saturated carbocycles. The largest absolute Gasteiger partial charge is 0.462 e. The predicted molar refractivity (Wildman–Crippen MR) is 311 cm³/mol. The molecule has 1 unspecified atom stereocenters. The average Bonchev–Trinajstić information content (AvgIpc) is 3.37. The third kappa shape index (κ3) is 59.3. The van der Waals surface area contributed by atoms with Gasteiger partial charge in [-0.3, -0.25) is 9.59 Å². The van der Waals surface area contributed by atoms with Crippen molar-refractivity contribution in [1.29, 1.82) is 0 Å². The van der Waals surface area contributed by atoms with Gasteiger partial charge in [-0.25, -0.2) is 0 Å². The van der Waals surface area contributed by atoms with Crippen LogP contribution in [-0.4, -0.2) is 36.4 Å². The van der Waals surface area contributed by atoms with E-state index in [0.717, 1.165) is 83.5 Å². The quantitative estimate of drug-likeness (QED) is 0.0373. The number of carbonyl (C=O) groups excluding carboxylic acids is 2. The number of hydrogen-bond acceptors (Lipinski definition) is 5. The minimum Gasteiger partial charge on any atom is -0.462 e. The Morgan fingerprint density at radius 1 is 0.338 bits per heavy atom. The fourth-order valence-electron chi connectivity index (χ4n) is 8.59. The lowest BCUT2D eigenvalue weighted by atomic mass is 10.0. The van der Waals surface area contributed by atoms with Gasteiger partial charge in [0.25, 0.3) is 0 Å². The molecule has 0 aromatic carbocycles. The third-order valence-corrected chi connectivity index (χ3v) is 13.1. The molecule has 5 heteroatoms. The van der Waals surface area contributed by atoms with Gasteiger partial charge in [-0.2, -0.15) is 0 Å². The Morgan fingerprint density at radius 2 is 0.606 bits per heavy atom. The van der Waals surface area contributed by atoms with Crippen LogP contribution in [0.1, 0.15) is 290 Å². The lowest BCUT2D eigenvalue weighted by Gasteiger charge is -2.15. The molecule has 408 valence electrons. The Morgan fingerprint density at radius 3 is 0.930 bits per heavy atom. The molecule has 0 bridgehead atoms. The second-order valence-electron chi connectivity index (χ2n) is 20.0. The van der Waals surface area contributed by atoms with Crippen molar-refractivity contribution in [2.75, 3.05) is 13.2 Å². The second-order valence-corrected chi connectivity index (χ2v) is 20.0. The van der Waals surface area contributed by atoms with Gasteiger partial charge in [0.1, 0.15) is 6.61 Å². The van der Waals surface area contributed by atoms with Crippen LogP contribution in [0.5, 0.6) is 0 Å². The molecule has 0 saturated heterocycles. The van der Waals surface area contributed by atoms with E-state index in [2.05, 4.69) is 111 Å². The summed E-state index contributed by atoms with van der Waals surface area (Å²) in [5, 5.41) is 9.66. The Labute approximate surface area is 440 Å². The molecular formula is C66H114O5. The number of unbranched alkanes of at least 4 members (excludes halogenated alkanes) is 31. The van der Waals surface area contributed by atoms with Gasteiger partial charge in [0.15, 0.2) is 6.10 Å². The van der Waals surface area contributed by atoms with E-state index in [1.807, 2.05) is 0 Å². The molecular weight excluding hydrogens is 873 g/mol. The maximum atomic E-state index is 12.3. The van der Waals surface area contributed by atoms with Crippen LogP contribution in [0.3, 0.4) is 0 Å². The molecule has 0 aliphatic carbocycles. The van der Waals surface area contributed by atoms with E-state index in [4.69, 9.17) is 9.47 Å². The van der Waals surface area contributed by atoms with Crippen LogP contribution in [0.25, 0.3) is 0 Å². The first-order chi connectivity index (χ1) is 35.1. The molecule has 0 aromatic rings. The fraction of sp³-hybridized carbons (Fsp3) is 0.727. The molecule has 5 nitrogen and oxygen atoms in total. The molecule has 1 atom stereocenters. The molecule has 1 N–H and O–H groups in total. The molecule has 0 heterocycles. The molecule has 0 aromatic heterocycles. The van der Waals surface area contributed by atoms with Gasteiger partial charge < -0.3 is 14.6 Å². The number of rotatable bonds is 55. The molecule has 0 radical (unpaired) electrons. The van der Waals surface area contributed by atoms with E-state index in [9.17, 15) is 14.7 Å². The topological polar surface area (TPSA) is 72.8 Å². The SMILES string of the molecule is CC/C=C\C/C=C\C/C=C\C/C=C\C/C=C\C/C=C\C/C=C\CCCCCCCCCCCCCCCCCCCC(=O)OC(CO)COC(=O)CCCCCCCCC/C=C\CCCCCCCCC. The highest BCUT2D eigenvalue weighted by atomic mass is 16.6. The first kappa shape index (κ1) is 67.8. The molecule has 0 rings (SSSR count). The van der Waals surface area contributed by atoms with E-state index in [0.29, 0.717) is 12.8 Å². The van der Waals surface area contributed by atoms with Crippen molar-refractivity contribution >= 4 is 11.9 Å². The van der Waals surface area contributed by atoms with Crippen LogP contribution in [0.2, 0.25) is 0 Å². The van der Waals surface area contributed by atoms with Crippen molar-refractivity contribution in [3.8, 4) is 0 Å². The highest BCUT2D eigenvalue weighted by Crippen LogP contribution is 2.16. The predicted octanol–water partition coefficient (Wildman–Crippen LogP) is 20.7. The Hall–Kier alpha value is -3.18. The Kier molecular flexibility index (Phi) is 58.4. The van der Waals surface area contributed by atoms with Gasteiger partial charge >= 0.3 is 11.9 Å². The number of hydrogen-bond donors (Lipinski definition) is 1. The molecule has 71 heavy (non-hydrogen) atoms. The van der Waals surface area contributed by atoms with Crippen LogP contribution < -0.4 is 0 Å². The minimum atomic E-state index is -0.777. The summed E-state index contributed by atoms with van der Waals surface area (Å²) in [6.07, 6.45) is 86.8. The Bertz CT molecular complexity index is 1350. The third-order valence-electron chi connectivity index (χ3n) is 13.1. The summed E-state index contributed by atoms with van der Waals surface area (Å²) in [6, 6.07) is 0. The first-order valence-corrected chi connectivity index (χ1v) is 30.3. The van der Waals surface area contributed by atoms with Gasteiger partial charge in [-0.15, -0.1) is 0 Å². The van der Waals surface area contributed by atoms with Crippen LogP contribution in [0.4, 0.5) is 0 Å². The molecule has 0 spiro atoms. The number of ether oxygens (including phenoxy) is 2. The maximum Gasteiger partial charge on any atom is 0.306 e. The molecule has 0 amide bonds. The van der Waals surface area contributed by atoms with Crippen molar-refractivity contribution < 1.29 is 24.2 Å². The van der Waals surface area contributed by atoms with Crippen molar-refractivity contribution in [2.24, 2.45) is 0 Å². The van der Waals surface area contributed by atoms with E-state index < -0.39 is 6.10 Å². The number of allylic oxidation sites excluding steroid dienone is 16.